The molecule has 2 N–H and O–H groups in total. The van der Waals surface area contributed by atoms with Gasteiger partial charge in [-0.1, -0.05) is 60.1 Å². The van der Waals surface area contributed by atoms with E-state index in [4.69, 9.17) is 16.3 Å². The fourth-order valence-electron chi connectivity index (χ4n) is 3.44. The van der Waals surface area contributed by atoms with E-state index < -0.39 is 24.4 Å². The smallest absolute Gasteiger partial charge is 0.329 e. The molecule has 1 aliphatic heterocycles. The lowest BCUT2D eigenvalue weighted by Gasteiger charge is -2.12. The molecule has 1 saturated heterocycles. The Balaban J connectivity index is 1.46. The van der Waals surface area contributed by atoms with E-state index in [1.807, 2.05) is 37.3 Å². The quantitative estimate of drug-likeness (QED) is 0.381. The molecule has 0 atom stereocenters. The monoisotopic (exact) mass is 475 g/mol. The summed E-state index contributed by atoms with van der Waals surface area (Å²) < 4.78 is 5.91. The molecule has 0 aliphatic carbocycles. The van der Waals surface area contributed by atoms with Crippen LogP contribution in [0.25, 0.3) is 6.08 Å². The molecule has 8 heteroatoms. The minimum absolute atomic E-state index is 0.0575. The van der Waals surface area contributed by atoms with Crippen LogP contribution in [-0.2, 0) is 16.2 Å². The lowest BCUT2D eigenvalue weighted by molar-refractivity contribution is -0.127. The Labute approximate surface area is 202 Å². The maximum Gasteiger partial charge on any atom is 0.329 e. The highest BCUT2D eigenvalue weighted by Gasteiger charge is 2.35. The summed E-state index contributed by atoms with van der Waals surface area (Å²) in [5.41, 5.74) is 3.06. The summed E-state index contributed by atoms with van der Waals surface area (Å²) in [5.74, 6) is -0.545. The van der Waals surface area contributed by atoms with Crippen LogP contribution in [0.15, 0.2) is 78.5 Å². The Morgan fingerprint density at radius 1 is 1.06 bits per heavy atom. The second-order valence-electron chi connectivity index (χ2n) is 7.72. The number of para-hydroxylation sites is 1. The van der Waals surface area contributed by atoms with Gasteiger partial charge >= 0.3 is 6.03 Å². The average molecular weight is 476 g/mol. The van der Waals surface area contributed by atoms with E-state index in [1.165, 1.54) is 6.08 Å². The van der Waals surface area contributed by atoms with Crippen LogP contribution in [0.2, 0.25) is 5.02 Å². The average Bonchev–Trinajstić information content (AvgIpc) is 3.06. The van der Waals surface area contributed by atoms with Crippen molar-refractivity contribution in [1.29, 1.82) is 0 Å². The first-order valence-corrected chi connectivity index (χ1v) is 10.9. The molecule has 3 aromatic rings. The molecule has 0 radical (unpaired) electrons. The van der Waals surface area contributed by atoms with Crippen LogP contribution >= 0.6 is 11.6 Å². The summed E-state index contributed by atoms with van der Waals surface area (Å²) in [6.45, 7) is 1.74. The third kappa shape index (κ3) is 5.44. The van der Waals surface area contributed by atoms with Gasteiger partial charge in [0.15, 0.2) is 0 Å². The van der Waals surface area contributed by atoms with E-state index in [2.05, 4.69) is 10.6 Å². The molecule has 4 amide bonds. The molecule has 0 spiro atoms. The van der Waals surface area contributed by atoms with Gasteiger partial charge in [-0.3, -0.25) is 9.59 Å². The lowest BCUT2D eigenvalue weighted by Crippen LogP contribution is -2.38. The third-order valence-corrected chi connectivity index (χ3v) is 5.49. The number of carbonyl (C=O) groups excluding carboxylic acids is 3. The van der Waals surface area contributed by atoms with Gasteiger partial charge in [-0.25, -0.2) is 9.69 Å². The molecule has 1 heterocycles. The Morgan fingerprint density at radius 3 is 2.62 bits per heavy atom. The number of hydrogen-bond acceptors (Lipinski definition) is 4. The van der Waals surface area contributed by atoms with Crippen molar-refractivity contribution in [3.05, 3.63) is 100 Å². The highest BCUT2D eigenvalue weighted by molar-refractivity contribution is 6.31. The Hall–Kier alpha value is -4.10. The number of hydrogen-bond donors (Lipinski definition) is 2. The van der Waals surface area contributed by atoms with E-state index in [1.54, 1.807) is 42.5 Å². The van der Waals surface area contributed by atoms with E-state index in [-0.39, 0.29) is 12.3 Å². The zero-order valence-corrected chi connectivity index (χ0v) is 19.1. The van der Waals surface area contributed by atoms with Gasteiger partial charge in [-0.2, -0.15) is 0 Å². The predicted octanol–water partition coefficient (Wildman–Crippen LogP) is 4.76. The van der Waals surface area contributed by atoms with E-state index in [0.29, 0.717) is 22.0 Å². The van der Waals surface area contributed by atoms with E-state index >= 15 is 0 Å². The maximum atomic E-state index is 12.8. The Morgan fingerprint density at radius 2 is 1.82 bits per heavy atom. The molecule has 7 nitrogen and oxygen atoms in total. The zero-order valence-electron chi connectivity index (χ0n) is 18.4. The number of urea groups is 1. The zero-order chi connectivity index (χ0) is 24.1. The van der Waals surface area contributed by atoms with Gasteiger partial charge in [0.2, 0.25) is 5.91 Å². The summed E-state index contributed by atoms with van der Waals surface area (Å²) in [5, 5.41) is 5.82. The second kappa shape index (κ2) is 10.2. The number of carbonyl (C=O) groups is 3. The van der Waals surface area contributed by atoms with Crippen LogP contribution in [0.1, 0.15) is 16.7 Å². The second-order valence-corrected chi connectivity index (χ2v) is 8.12. The lowest BCUT2D eigenvalue weighted by atomic mass is 10.1. The SMILES string of the molecule is Cc1cccc(NC(=O)CN2C(=O)N/C(=C/c3ccccc3OCc3ccccc3Cl)C2=O)c1. The highest BCUT2D eigenvalue weighted by atomic mass is 35.5. The van der Waals surface area contributed by atoms with Crippen LogP contribution in [-0.4, -0.2) is 29.3 Å². The van der Waals surface area contributed by atoms with Gasteiger partial charge in [0.25, 0.3) is 5.91 Å². The fourth-order valence-corrected chi connectivity index (χ4v) is 3.63. The van der Waals surface area contributed by atoms with Crippen molar-refractivity contribution in [2.24, 2.45) is 0 Å². The van der Waals surface area contributed by atoms with Crippen molar-refractivity contribution < 1.29 is 19.1 Å². The molecule has 1 aliphatic rings. The van der Waals surface area contributed by atoms with Crippen molar-refractivity contribution in [2.45, 2.75) is 13.5 Å². The number of anilines is 1. The van der Waals surface area contributed by atoms with Gasteiger partial charge < -0.3 is 15.4 Å². The standard InChI is InChI=1S/C26H22ClN3O4/c1-17-7-6-10-20(13-17)28-24(31)15-30-25(32)22(29-26(30)33)14-18-8-3-5-12-23(18)34-16-19-9-2-4-11-21(19)27/h2-14H,15-16H2,1H3,(H,28,31)(H,29,33)/b22-14+. The van der Waals surface area contributed by atoms with E-state index in [9.17, 15) is 14.4 Å². The topological polar surface area (TPSA) is 87.7 Å². The van der Waals surface area contributed by atoms with E-state index in [0.717, 1.165) is 16.0 Å². The fraction of sp³-hybridized carbons (Fsp3) is 0.115. The largest absolute Gasteiger partial charge is 0.488 e. The van der Waals surface area contributed by atoms with Crippen LogP contribution in [0.3, 0.4) is 0 Å². The van der Waals surface area contributed by atoms with Gasteiger partial charge in [-0.05, 0) is 42.8 Å². The predicted molar refractivity (Wildman–Crippen MR) is 130 cm³/mol. The normalized spacial score (nSPS) is 14.3. The molecule has 172 valence electrons. The number of nitrogens with zero attached hydrogens (tertiary/aromatic N) is 1. The number of aryl methyl sites for hydroxylation is 1. The molecule has 0 unspecified atom stereocenters. The minimum Gasteiger partial charge on any atom is -0.488 e. The summed E-state index contributed by atoms with van der Waals surface area (Å²) in [4.78, 5) is 38.5. The number of nitrogens with one attached hydrogen (secondary N) is 2. The number of halogens is 1. The summed E-state index contributed by atoms with van der Waals surface area (Å²) in [7, 11) is 0. The number of benzene rings is 3. The summed E-state index contributed by atoms with van der Waals surface area (Å²) >= 11 is 6.20. The molecule has 0 aromatic heterocycles. The van der Waals surface area contributed by atoms with Crippen LogP contribution < -0.4 is 15.4 Å². The molecular weight excluding hydrogens is 454 g/mol. The van der Waals surface area contributed by atoms with Gasteiger partial charge in [0, 0.05) is 21.8 Å². The van der Waals surface area contributed by atoms with Gasteiger partial charge in [-0.15, -0.1) is 0 Å². The van der Waals surface area contributed by atoms with Crippen molar-refractivity contribution in [3.63, 3.8) is 0 Å². The number of rotatable bonds is 7. The van der Waals surface area contributed by atoms with Crippen LogP contribution in [0.5, 0.6) is 5.75 Å². The number of ether oxygens (including phenoxy) is 1. The first-order valence-electron chi connectivity index (χ1n) is 10.6. The van der Waals surface area contributed by atoms with Crippen molar-refractivity contribution >= 4 is 41.2 Å². The molecular formula is C26H22ClN3O4. The molecule has 1 fully saturated rings. The summed E-state index contributed by atoms with van der Waals surface area (Å²) in [6.07, 6.45) is 1.53. The molecule has 34 heavy (non-hydrogen) atoms. The number of amides is 4. The van der Waals surface area contributed by atoms with Crippen molar-refractivity contribution in [2.75, 3.05) is 11.9 Å². The molecule has 4 rings (SSSR count). The van der Waals surface area contributed by atoms with Crippen LogP contribution in [0.4, 0.5) is 10.5 Å². The number of imide groups is 1. The van der Waals surface area contributed by atoms with Gasteiger partial charge in [0.05, 0.1) is 0 Å². The van der Waals surface area contributed by atoms with Crippen molar-refractivity contribution in [1.82, 2.24) is 10.2 Å². The Bertz CT molecular complexity index is 1290. The Kier molecular flexibility index (Phi) is 6.94. The van der Waals surface area contributed by atoms with Gasteiger partial charge in [0.1, 0.15) is 24.6 Å². The summed E-state index contributed by atoms with van der Waals surface area (Å²) in [6, 6.07) is 21.1. The first kappa shape index (κ1) is 23.1. The molecule has 0 bridgehead atoms. The highest BCUT2D eigenvalue weighted by Crippen LogP contribution is 2.25. The molecule has 3 aromatic carbocycles. The van der Waals surface area contributed by atoms with Crippen LogP contribution in [0, 0.1) is 6.92 Å². The van der Waals surface area contributed by atoms with Crippen molar-refractivity contribution in [3.8, 4) is 5.75 Å². The molecule has 0 saturated carbocycles. The maximum absolute atomic E-state index is 12.8. The first-order chi connectivity index (χ1) is 16.4. The minimum atomic E-state index is -0.662. The third-order valence-electron chi connectivity index (χ3n) is 5.13.